The Morgan fingerprint density at radius 2 is 0.873 bits per heavy atom. The van der Waals surface area contributed by atoms with Gasteiger partial charge in [0, 0.05) is 55.0 Å². The SMILES string of the molecule is CC(C)(C)c1ccc(N(c2ccc3c4c(ccc3c2)-c2c(cc3ccccc3c2N(c2ccc(C(C)(C)C)cc2)c2cccc3c2oc2ccccc23)C4(C)C)c2cccc3c2oc2ccccc23)cc1. The Morgan fingerprint density at radius 3 is 1.45 bits per heavy atom. The van der Waals surface area contributed by atoms with Crippen LogP contribution in [0.3, 0.4) is 0 Å². The summed E-state index contributed by atoms with van der Waals surface area (Å²) in [6.45, 7) is 18.5. The summed E-state index contributed by atoms with van der Waals surface area (Å²) in [4.78, 5) is 4.86. The average molecular weight is 921 g/mol. The van der Waals surface area contributed by atoms with Crippen LogP contribution in [-0.4, -0.2) is 0 Å². The molecule has 1 aliphatic carbocycles. The second kappa shape index (κ2) is 15.5. The zero-order chi connectivity index (χ0) is 48.6. The van der Waals surface area contributed by atoms with Gasteiger partial charge in [-0.05, 0) is 122 Å². The summed E-state index contributed by atoms with van der Waals surface area (Å²) < 4.78 is 13.6. The van der Waals surface area contributed by atoms with Crippen molar-refractivity contribution < 1.29 is 8.83 Å². The van der Waals surface area contributed by atoms with E-state index in [4.69, 9.17) is 8.83 Å². The number of rotatable bonds is 6. The zero-order valence-corrected chi connectivity index (χ0v) is 41.7. The van der Waals surface area contributed by atoms with Crippen molar-refractivity contribution in [1.82, 2.24) is 0 Å². The number of fused-ring (bicyclic) bond motifs is 12. The molecule has 71 heavy (non-hydrogen) atoms. The third-order valence-electron chi connectivity index (χ3n) is 15.3. The lowest BCUT2D eigenvalue weighted by Crippen LogP contribution is -2.17. The minimum Gasteiger partial charge on any atom is -0.454 e. The topological polar surface area (TPSA) is 32.8 Å². The summed E-state index contributed by atoms with van der Waals surface area (Å²) >= 11 is 0. The lowest BCUT2D eigenvalue weighted by molar-refractivity contribution is 0.590. The Kier molecular flexibility index (Phi) is 9.36. The van der Waals surface area contributed by atoms with Crippen LogP contribution in [0.1, 0.15) is 77.6 Å². The molecule has 4 heteroatoms. The second-order valence-corrected chi connectivity index (χ2v) is 22.2. The first-order chi connectivity index (χ1) is 34.2. The number of anilines is 6. The van der Waals surface area contributed by atoms with Crippen molar-refractivity contribution in [2.75, 3.05) is 9.80 Å². The van der Waals surface area contributed by atoms with E-state index in [1.54, 1.807) is 0 Å². The van der Waals surface area contributed by atoms with E-state index >= 15 is 0 Å². The number of benzene rings is 10. The Morgan fingerprint density at radius 1 is 0.394 bits per heavy atom. The van der Waals surface area contributed by atoms with E-state index < -0.39 is 0 Å². The Labute approximate surface area is 415 Å². The Bertz CT molecular complexity index is 4100. The highest BCUT2D eigenvalue weighted by atomic mass is 16.3. The molecule has 0 amide bonds. The number of para-hydroxylation sites is 4. The molecule has 2 aromatic heterocycles. The predicted octanol–water partition coefficient (Wildman–Crippen LogP) is 19.6. The molecule has 13 rings (SSSR count). The fraction of sp³-hybridized carbons (Fsp3) is 0.164. The van der Waals surface area contributed by atoms with Crippen molar-refractivity contribution in [3.05, 3.63) is 216 Å². The maximum Gasteiger partial charge on any atom is 0.159 e. The summed E-state index contributed by atoms with van der Waals surface area (Å²) in [6.07, 6.45) is 0. The molecule has 0 atom stereocenters. The highest BCUT2D eigenvalue weighted by Crippen LogP contribution is 2.59. The van der Waals surface area contributed by atoms with Gasteiger partial charge in [-0.2, -0.15) is 0 Å². The molecular formula is C67H56N2O2. The third-order valence-corrected chi connectivity index (χ3v) is 15.3. The molecule has 0 bridgehead atoms. The molecule has 0 spiro atoms. The molecule has 0 radical (unpaired) electrons. The quantitative estimate of drug-likeness (QED) is 0.166. The maximum atomic E-state index is 6.89. The summed E-state index contributed by atoms with van der Waals surface area (Å²) in [5.41, 5.74) is 17.3. The number of furan rings is 2. The van der Waals surface area contributed by atoms with E-state index in [2.05, 4.69) is 253 Å². The van der Waals surface area contributed by atoms with Crippen LogP contribution in [0.2, 0.25) is 0 Å². The van der Waals surface area contributed by atoms with Gasteiger partial charge in [0.05, 0.1) is 17.1 Å². The van der Waals surface area contributed by atoms with Gasteiger partial charge in [-0.25, -0.2) is 0 Å². The molecule has 346 valence electrons. The lowest BCUT2D eigenvalue weighted by Gasteiger charge is -2.31. The van der Waals surface area contributed by atoms with Crippen LogP contribution in [0.4, 0.5) is 34.1 Å². The lowest BCUT2D eigenvalue weighted by atomic mass is 9.79. The highest BCUT2D eigenvalue weighted by molar-refractivity contribution is 6.16. The number of hydrogen-bond acceptors (Lipinski definition) is 4. The monoisotopic (exact) mass is 920 g/mol. The summed E-state index contributed by atoms with van der Waals surface area (Å²) in [7, 11) is 0. The molecule has 0 fully saturated rings. The third kappa shape index (κ3) is 6.64. The predicted molar refractivity (Wildman–Crippen MR) is 300 cm³/mol. The van der Waals surface area contributed by atoms with Crippen LogP contribution in [0.25, 0.3) is 76.5 Å². The number of hydrogen-bond donors (Lipinski definition) is 0. The summed E-state index contributed by atoms with van der Waals surface area (Å²) in [5, 5.41) is 9.25. The van der Waals surface area contributed by atoms with Crippen LogP contribution in [-0.2, 0) is 16.2 Å². The minimum atomic E-state index is -0.347. The van der Waals surface area contributed by atoms with E-state index in [0.717, 1.165) is 78.0 Å². The van der Waals surface area contributed by atoms with Crippen molar-refractivity contribution in [1.29, 1.82) is 0 Å². The molecule has 12 aromatic rings. The van der Waals surface area contributed by atoms with E-state index in [1.807, 2.05) is 6.07 Å². The van der Waals surface area contributed by atoms with Gasteiger partial charge in [0.15, 0.2) is 11.2 Å². The second-order valence-electron chi connectivity index (χ2n) is 22.2. The Hall–Kier alpha value is -8.08. The van der Waals surface area contributed by atoms with Crippen LogP contribution < -0.4 is 9.80 Å². The molecule has 0 N–H and O–H groups in total. The average Bonchev–Trinajstić information content (AvgIpc) is 4.02. The summed E-state index contributed by atoms with van der Waals surface area (Å²) in [5.74, 6) is 0. The standard InChI is InChI=1S/C67H56N2O2/c1-65(2,3)43-28-32-45(33-29-43)68(56-23-15-21-52-50-19-11-13-25-58(50)70-63(52)56)47-36-38-48-42(39-47)27-37-54-60-55(67(7,8)61(48)54)40-41-17-9-10-18-49(41)62(60)69(46-34-30-44(31-35-46)66(4,5)6)57-24-16-22-53-51-20-12-14-26-59(51)71-64(53)57/h9-40H,1-8H3. The van der Waals surface area contributed by atoms with Crippen LogP contribution in [0.5, 0.6) is 0 Å². The van der Waals surface area contributed by atoms with Crippen LogP contribution in [0, 0.1) is 0 Å². The smallest absolute Gasteiger partial charge is 0.159 e. The van der Waals surface area contributed by atoms with Gasteiger partial charge in [-0.1, -0.05) is 183 Å². The van der Waals surface area contributed by atoms with Crippen molar-refractivity contribution in [3.63, 3.8) is 0 Å². The largest absolute Gasteiger partial charge is 0.454 e. The van der Waals surface area contributed by atoms with Gasteiger partial charge < -0.3 is 18.6 Å². The zero-order valence-electron chi connectivity index (χ0n) is 41.7. The van der Waals surface area contributed by atoms with Crippen molar-refractivity contribution in [2.24, 2.45) is 0 Å². The van der Waals surface area contributed by atoms with Gasteiger partial charge in [-0.3, -0.25) is 0 Å². The van der Waals surface area contributed by atoms with Gasteiger partial charge >= 0.3 is 0 Å². The van der Waals surface area contributed by atoms with Gasteiger partial charge in [0.1, 0.15) is 11.2 Å². The fourth-order valence-electron chi connectivity index (χ4n) is 11.7. The van der Waals surface area contributed by atoms with E-state index in [1.165, 1.54) is 54.9 Å². The molecule has 0 saturated heterocycles. The van der Waals surface area contributed by atoms with Gasteiger partial charge in [0.2, 0.25) is 0 Å². The van der Waals surface area contributed by atoms with Crippen LogP contribution >= 0.6 is 0 Å². The van der Waals surface area contributed by atoms with E-state index in [-0.39, 0.29) is 16.2 Å². The fourth-order valence-corrected chi connectivity index (χ4v) is 11.7. The van der Waals surface area contributed by atoms with E-state index in [9.17, 15) is 0 Å². The van der Waals surface area contributed by atoms with Crippen molar-refractivity contribution in [2.45, 2.75) is 71.6 Å². The first-order valence-corrected chi connectivity index (χ1v) is 25.0. The molecule has 0 aliphatic heterocycles. The molecule has 0 unspecified atom stereocenters. The molecule has 0 saturated carbocycles. The minimum absolute atomic E-state index is 0.00135. The molecule has 10 aromatic carbocycles. The number of nitrogens with zero attached hydrogens (tertiary/aromatic N) is 2. The van der Waals surface area contributed by atoms with Crippen molar-refractivity contribution in [3.8, 4) is 11.1 Å². The molecule has 1 aliphatic rings. The first kappa shape index (κ1) is 43.0. The molecule has 2 heterocycles. The van der Waals surface area contributed by atoms with Crippen LogP contribution in [0.15, 0.2) is 203 Å². The first-order valence-electron chi connectivity index (χ1n) is 25.0. The van der Waals surface area contributed by atoms with Gasteiger partial charge in [0.25, 0.3) is 0 Å². The molecule has 4 nitrogen and oxygen atoms in total. The normalized spacial score (nSPS) is 13.5. The van der Waals surface area contributed by atoms with Crippen molar-refractivity contribution >= 4 is 99.5 Å². The highest BCUT2D eigenvalue weighted by Gasteiger charge is 2.41. The van der Waals surface area contributed by atoms with Gasteiger partial charge in [-0.15, -0.1) is 0 Å². The Balaban J connectivity index is 1.04. The maximum absolute atomic E-state index is 6.89. The van der Waals surface area contributed by atoms with E-state index in [0.29, 0.717) is 0 Å². The summed E-state index contributed by atoms with van der Waals surface area (Å²) in [6, 6.07) is 71.3. The molecular weight excluding hydrogens is 865 g/mol.